The van der Waals surface area contributed by atoms with Gasteiger partial charge < -0.3 is 8.85 Å². The molecule has 0 aromatic rings. The second kappa shape index (κ2) is 4.98. The fourth-order valence-electron chi connectivity index (χ4n) is 2.79. The lowest BCUT2D eigenvalue weighted by atomic mass is 10.0. The predicted molar refractivity (Wildman–Crippen MR) is 63.6 cm³/mol. The van der Waals surface area contributed by atoms with E-state index in [1.807, 2.05) is 14.2 Å². The van der Waals surface area contributed by atoms with Crippen LogP contribution in [0.3, 0.4) is 0 Å². The van der Waals surface area contributed by atoms with Crippen LogP contribution in [0.25, 0.3) is 0 Å². The molecule has 0 atom stereocenters. The average Bonchev–Trinajstić information content (AvgIpc) is 3.11. The Kier molecular flexibility index (Phi) is 3.86. The van der Waals surface area contributed by atoms with Crippen molar-refractivity contribution >= 4 is 8.56 Å². The summed E-state index contributed by atoms with van der Waals surface area (Å²) in [7, 11) is 1.73. The molecule has 0 bridgehead atoms. The number of rotatable bonds is 5. The predicted octanol–water partition coefficient (Wildman–Crippen LogP) is 3.21. The van der Waals surface area contributed by atoms with Gasteiger partial charge in [0.2, 0.25) is 0 Å². The number of hydrogen-bond acceptors (Lipinski definition) is 2. The second-order valence-electron chi connectivity index (χ2n) is 4.97. The Morgan fingerprint density at radius 2 is 1.53 bits per heavy atom. The summed E-state index contributed by atoms with van der Waals surface area (Å²) in [6.45, 7) is 0. The summed E-state index contributed by atoms with van der Waals surface area (Å²) in [6.07, 6.45) is 9.48. The molecule has 0 aliphatic heterocycles. The first-order chi connectivity index (χ1) is 7.30. The molecule has 87 valence electrons. The van der Waals surface area contributed by atoms with Gasteiger partial charge in [0, 0.05) is 25.8 Å². The van der Waals surface area contributed by atoms with Crippen LogP contribution in [0.2, 0.25) is 5.54 Å². The molecule has 2 aliphatic rings. The normalized spacial score (nSPS) is 24.4. The Hall–Kier alpha value is 0.137. The van der Waals surface area contributed by atoms with E-state index >= 15 is 0 Å². The van der Waals surface area contributed by atoms with E-state index < -0.39 is 8.56 Å². The standard InChI is InChI=1S/C12H23O2Si/c1-13-15(14-2,10-11-8-9-11)12-6-4-3-5-7-12/h10-12H,3-9H2,1-2H3. The highest BCUT2D eigenvalue weighted by molar-refractivity contribution is 6.72. The van der Waals surface area contributed by atoms with Gasteiger partial charge in [0.15, 0.2) is 0 Å². The van der Waals surface area contributed by atoms with Gasteiger partial charge >= 0.3 is 8.56 Å². The van der Waals surface area contributed by atoms with Gasteiger partial charge in [-0.25, -0.2) is 0 Å². The molecule has 1 radical (unpaired) electrons. The molecule has 2 rings (SSSR count). The summed E-state index contributed by atoms with van der Waals surface area (Å²) in [5.41, 5.74) is 0.710. The Morgan fingerprint density at radius 1 is 0.933 bits per heavy atom. The SMILES string of the molecule is CO[Si]([CH]C1CC1)(OC)C1CCCCC1. The highest BCUT2D eigenvalue weighted by Crippen LogP contribution is 2.44. The van der Waals surface area contributed by atoms with Gasteiger partial charge in [-0.15, -0.1) is 0 Å². The molecule has 3 heteroatoms. The molecule has 0 N–H and O–H groups in total. The minimum atomic E-state index is -1.97. The van der Waals surface area contributed by atoms with Crippen LogP contribution in [0.5, 0.6) is 0 Å². The maximum Gasteiger partial charge on any atom is 0.344 e. The summed E-state index contributed by atoms with van der Waals surface area (Å²) < 4.78 is 11.7. The third-order valence-electron chi connectivity index (χ3n) is 3.90. The molecule has 2 aliphatic carbocycles. The summed E-state index contributed by atoms with van der Waals surface area (Å²) in [5.74, 6) is 0.804. The van der Waals surface area contributed by atoms with Crippen LogP contribution in [0.4, 0.5) is 0 Å². The quantitative estimate of drug-likeness (QED) is 0.671. The minimum absolute atomic E-state index is 0.710. The van der Waals surface area contributed by atoms with E-state index in [1.165, 1.54) is 44.9 Å². The molecule has 15 heavy (non-hydrogen) atoms. The van der Waals surface area contributed by atoms with Gasteiger partial charge in [0.05, 0.1) is 0 Å². The van der Waals surface area contributed by atoms with Crippen molar-refractivity contribution in [2.75, 3.05) is 14.2 Å². The van der Waals surface area contributed by atoms with Crippen LogP contribution in [0, 0.1) is 12.0 Å². The zero-order chi connectivity index (χ0) is 10.7. The largest absolute Gasteiger partial charge is 0.397 e. The van der Waals surface area contributed by atoms with Crippen molar-refractivity contribution in [3.05, 3.63) is 6.04 Å². The fraction of sp³-hybridized carbons (Fsp3) is 0.917. The third-order valence-corrected chi connectivity index (χ3v) is 7.83. The molecular formula is C12H23O2Si. The highest BCUT2D eigenvalue weighted by Gasteiger charge is 2.48. The highest BCUT2D eigenvalue weighted by atomic mass is 28.4. The maximum absolute atomic E-state index is 5.84. The van der Waals surface area contributed by atoms with E-state index in [9.17, 15) is 0 Å². The molecule has 0 amide bonds. The van der Waals surface area contributed by atoms with Crippen LogP contribution in [0.15, 0.2) is 0 Å². The molecule has 0 saturated heterocycles. The second-order valence-corrected chi connectivity index (χ2v) is 8.38. The van der Waals surface area contributed by atoms with Gasteiger partial charge in [-0.1, -0.05) is 32.1 Å². The summed E-state index contributed by atoms with van der Waals surface area (Å²) in [6, 6.07) is 2.46. The molecule has 2 saturated carbocycles. The summed E-state index contributed by atoms with van der Waals surface area (Å²) >= 11 is 0. The molecular weight excluding hydrogens is 204 g/mol. The van der Waals surface area contributed by atoms with Crippen molar-refractivity contribution in [2.45, 2.75) is 50.5 Å². The van der Waals surface area contributed by atoms with Crippen LogP contribution < -0.4 is 0 Å². The molecule has 0 spiro atoms. The van der Waals surface area contributed by atoms with E-state index in [4.69, 9.17) is 8.85 Å². The first-order valence-electron chi connectivity index (χ1n) is 6.27. The van der Waals surface area contributed by atoms with E-state index in [0.29, 0.717) is 5.54 Å². The van der Waals surface area contributed by atoms with Crippen LogP contribution in [-0.2, 0) is 8.85 Å². The van der Waals surface area contributed by atoms with Crippen molar-refractivity contribution in [3.63, 3.8) is 0 Å². The topological polar surface area (TPSA) is 18.5 Å². The minimum Gasteiger partial charge on any atom is -0.397 e. The van der Waals surface area contributed by atoms with Gasteiger partial charge in [0.1, 0.15) is 0 Å². The molecule has 2 fully saturated rings. The van der Waals surface area contributed by atoms with E-state index in [2.05, 4.69) is 6.04 Å². The molecule has 0 unspecified atom stereocenters. The Bertz CT molecular complexity index is 194. The zero-order valence-corrected chi connectivity index (χ0v) is 11.0. The monoisotopic (exact) mass is 227 g/mol. The van der Waals surface area contributed by atoms with E-state index in [-0.39, 0.29) is 0 Å². The first kappa shape index (κ1) is 11.6. The average molecular weight is 227 g/mol. The van der Waals surface area contributed by atoms with E-state index in [1.54, 1.807) is 0 Å². The smallest absolute Gasteiger partial charge is 0.344 e. The fourth-order valence-corrected chi connectivity index (χ4v) is 6.37. The van der Waals surface area contributed by atoms with Crippen molar-refractivity contribution < 1.29 is 8.85 Å². The Balaban J connectivity index is 2.00. The summed E-state index contributed by atoms with van der Waals surface area (Å²) in [4.78, 5) is 0. The van der Waals surface area contributed by atoms with Crippen molar-refractivity contribution in [1.29, 1.82) is 0 Å². The lowest BCUT2D eigenvalue weighted by molar-refractivity contribution is 0.223. The van der Waals surface area contributed by atoms with Gasteiger partial charge in [-0.2, -0.15) is 0 Å². The summed E-state index contributed by atoms with van der Waals surface area (Å²) in [5, 5.41) is 0. The van der Waals surface area contributed by atoms with E-state index in [0.717, 1.165) is 5.92 Å². The van der Waals surface area contributed by atoms with Crippen molar-refractivity contribution in [1.82, 2.24) is 0 Å². The van der Waals surface area contributed by atoms with Gasteiger partial charge in [-0.05, 0) is 18.8 Å². The Morgan fingerprint density at radius 3 is 2.00 bits per heavy atom. The number of hydrogen-bond donors (Lipinski definition) is 0. The lowest BCUT2D eigenvalue weighted by Gasteiger charge is -2.37. The van der Waals surface area contributed by atoms with Crippen molar-refractivity contribution in [3.8, 4) is 0 Å². The zero-order valence-electron chi connectivity index (χ0n) is 10.00. The lowest BCUT2D eigenvalue weighted by Crippen LogP contribution is -2.47. The van der Waals surface area contributed by atoms with Crippen LogP contribution in [0.1, 0.15) is 44.9 Å². The maximum atomic E-state index is 5.84. The van der Waals surface area contributed by atoms with Crippen molar-refractivity contribution in [2.24, 2.45) is 5.92 Å². The Labute approximate surface area is 94.6 Å². The third kappa shape index (κ3) is 2.63. The van der Waals surface area contributed by atoms with Gasteiger partial charge in [0.25, 0.3) is 0 Å². The first-order valence-corrected chi connectivity index (χ1v) is 8.24. The van der Waals surface area contributed by atoms with Crippen LogP contribution >= 0.6 is 0 Å². The molecule has 0 aromatic heterocycles. The molecule has 0 heterocycles. The molecule has 0 aromatic carbocycles. The molecule has 2 nitrogen and oxygen atoms in total. The van der Waals surface area contributed by atoms with Crippen LogP contribution in [-0.4, -0.2) is 22.8 Å². The van der Waals surface area contributed by atoms with Gasteiger partial charge in [-0.3, -0.25) is 0 Å².